The molecule has 0 heterocycles. The molecule has 1 aromatic carbocycles. The van der Waals surface area contributed by atoms with Gasteiger partial charge in [0.15, 0.2) is 0 Å². The maximum atomic E-state index is 12.1. The van der Waals surface area contributed by atoms with Crippen molar-refractivity contribution in [3.63, 3.8) is 0 Å². The molecule has 1 aliphatic rings. The molecule has 24 heavy (non-hydrogen) atoms. The zero-order chi connectivity index (χ0) is 17.4. The number of aryl methyl sites for hydroxylation is 1. The number of amides is 2. The molecule has 2 N–H and O–H groups in total. The van der Waals surface area contributed by atoms with Crippen LogP contribution in [0, 0.1) is 5.92 Å². The largest absolute Gasteiger partial charge is 0.497 e. The third kappa shape index (κ3) is 5.71. The van der Waals surface area contributed by atoms with E-state index in [0.29, 0.717) is 13.1 Å². The fraction of sp³-hybridized carbons (Fsp3) is 0.632. The van der Waals surface area contributed by atoms with Crippen LogP contribution in [-0.2, 0) is 6.42 Å². The van der Waals surface area contributed by atoms with E-state index in [4.69, 9.17) is 4.74 Å². The van der Waals surface area contributed by atoms with E-state index in [1.165, 1.54) is 5.56 Å². The molecule has 2 rings (SSSR count). The van der Waals surface area contributed by atoms with Gasteiger partial charge in [0, 0.05) is 26.1 Å². The van der Waals surface area contributed by atoms with Crippen LogP contribution < -0.4 is 10.1 Å². The summed E-state index contributed by atoms with van der Waals surface area (Å²) < 4.78 is 5.14. The van der Waals surface area contributed by atoms with E-state index >= 15 is 0 Å². The van der Waals surface area contributed by atoms with Gasteiger partial charge in [0.2, 0.25) is 0 Å². The van der Waals surface area contributed by atoms with Crippen LogP contribution in [0.3, 0.4) is 0 Å². The number of nitrogens with zero attached hydrogens (tertiary/aromatic N) is 1. The van der Waals surface area contributed by atoms with Crippen LogP contribution >= 0.6 is 0 Å². The lowest BCUT2D eigenvalue weighted by molar-refractivity contribution is 0.0565. The smallest absolute Gasteiger partial charge is 0.317 e. The van der Waals surface area contributed by atoms with Gasteiger partial charge in [0.1, 0.15) is 5.75 Å². The molecule has 5 heteroatoms. The summed E-state index contributed by atoms with van der Waals surface area (Å²) in [6.45, 7) is 1.29. The molecule has 1 fully saturated rings. The van der Waals surface area contributed by atoms with Crippen molar-refractivity contribution in [3.05, 3.63) is 29.8 Å². The van der Waals surface area contributed by atoms with Crippen molar-refractivity contribution in [1.82, 2.24) is 10.2 Å². The minimum atomic E-state index is -0.260. The van der Waals surface area contributed by atoms with Gasteiger partial charge in [-0.2, -0.15) is 0 Å². The Morgan fingerprint density at radius 2 is 2.00 bits per heavy atom. The van der Waals surface area contributed by atoms with Gasteiger partial charge in [0.05, 0.1) is 13.2 Å². The van der Waals surface area contributed by atoms with Crippen LogP contribution in [0.5, 0.6) is 5.75 Å². The first-order valence-electron chi connectivity index (χ1n) is 8.90. The topological polar surface area (TPSA) is 61.8 Å². The van der Waals surface area contributed by atoms with Gasteiger partial charge in [0.25, 0.3) is 0 Å². The number of rotatable bonds is 7. The molecule has 2 atom stereocenters. The fourth-order valence-corrected chi connectivity index (χ4v) is 3.25. The summed E-state index contributed by atoms with van der Waals surface area (Å²) in [5.41, 5.74) is 1.24. The van der Waals surface area contributed by atoms with Gasteiger partial charge < -0.3 is 20.1 Å². The summed E-state index contributed by atoms with van der Waals surface area (Å²) in [5, 5.41) is 13.0. The van der Waals surface area contributed by atoms with Gasteiger partial charge in [-0.05, 0) is 43.4 Å². The number of hydrogen-bond donors (Lipinski definition) is 2. The van der Waals surface area contributed by atoms with Crippen LogP contribution in [0.1, 0.15) is 37.7 Å². The van der Waals surface area contributed by atoms with Gasteiger partial charge >= 0.3 is 6.03 Å². The molecule has 1 saturated carbocycles. The minimum absolute atomic E-state index is 0.0532. The first-order chi connectivity index (χ1) is 11.6. The lowest BCUT2D eigenvalue weighted by Gasteiger charge is -2.31. The number of methoxy groups -OCH3 is 1. The molecule has 5 nitrogen and oxygen atoms in total. The van der Waals surface area contributed by atoms with Crippen LogP contribution in [0.4, 0.5) is 4.79 Å². The number of hydrogen-bond acceptors (Lipinski definition) is 3. The second kappa shape index (κ2) is 9.52. The lowest BCUT2D eigenvalue weighted by atomic mass is 9.86. The predicted molar refractivity (Wildman–Crippen MR) is 95.3 cm³/mol. The Morgan fingerprint density at radius 1 is 1.29 bits per heavy atom. The number of aliphatic hydroxyl groups excluding tert-OH is 1. The van der Waals surface area contributed by atoms with Crippen molar-refractivity contribution >= 4 is 6.03 Å². The third-order valence-corrected chi connectivity index (χ3v) is 4.80. The molecule has 0 bridgehead atoms. The number of urea groups is 1. The van der Waals surface area contributed by atoms with E-state index in [0.717, 1.165) is 44.3 Å². The Balaban J connectivity index is 1.64. The summed E-state index contributed by atoms with van der Waals surface area (Å²) in [5.74, 6) is 1.08. The van der Waals surface area contributed by atoms with Crippen molar-refractivity contribution < 1.29 is 14.6 Å². The normalized spacial score (nSPS) is 20.5. The number of benzene rings is 1. The molecule has 0 spiro atoms. The molecular weight excluding hydrogens is 304 g/mol. The Morgan fingerprint density at radius 3 is 2.67 bits per heavy atom. The summed E-state index contributed by atoms with van der Waals surface area (Å²) in [4.78, 5) is 13.8. The van der Waals surface area contributed by atoms with E-state index in [1.54, 1.807) is 19.1 Å². The highest BCUT2D eigenvalue weighted by Gasteiger charge is 2.25. The first-order valence-corrected chi connectivity index (χ1v) is 8.90. The predicted octanol–water partition coefficient (Wildman–Crippen LogP) is 2.82. The number of carbonyl (C=O) groups is 1. The van der Waals surface area contributed by atoms with E-state index in [-0.39, 0.29) is 18.1 Å². The molecule has 134 valence electrons. The summed E-state index contributed by atoms with van der Waals surface area (Å²) in [6.07, 6.45) is 5.69. The fourth-order valence-electron chi connectivity index (χ4n) is 3.25. The second-order valence-corrected chi connectivity index (χ2v) is 6.68. The van der Waals surface area contributed by atoms with Crippen LogP contribution in [0.2, 0.25) is 0 Å². The van der Waals surface area contributed by atoms with Gasteiger partial charge in [-0.25, -0.2) is 4.79 Å². The Kier molecular flexibility index (Phi) is 7.37. The summed E-state index contributed by atoms with van der Waals surface area (Å²) in [7, 11) is 3.47. The lowest BCUT2D eigenvalue weighted by Crippen LogP contribution is -2.43. The Hall–Kier alpha value is -1.75. The quantitative estimate of drug-likeness (QED) is 0.754. The highest BCUT2D eigenvalue weighted by Crippen LogP contribution is 2.24. The Labute approximate surface area is 145 Å². The molecule has 1 aliphatic carbocycles. The number of aliphatic hydroxyl groups is 1. The van der Waals surface area contributed by atoms with E-state index in [1.807, 2.05) is 12.1 Å². The van der Waals surface area contributed by atoms with Crippen molar-refractivity contribution in [3.8, 4) is 5.75 Å². The SMILES string of the molecule is COc1ccc(CCCNC(=O)N(C)CC2CCCCC2O)cc1. The zero-order valence-electron chi connectivity index (χ0n) is 14.8. The maximum Gasteiger partial charge on any atom is 0.317 e. The first kappa shape index (κ1) is 18.6. The van der Waals surface area contributed by atoms with Gasteiger partial charge in [-0.1, -0.05) is 25.0 Å². The monoisotopic (exact) mass is 334 g/mol. The number of nitrogens with one attached hydrogen (secondary N) is 1. The summed E-state index contributed by atoms with van der Waals surface area (Å²) in [6, 6.07) is 7.96. The van der Waals surface area contributed by atoms with Gasteiger partial charge in [-0.15, -0.1) is 0 Å². The highest BCUT2D eigenvalue weighted by atomic mass is 16.5. The minimum Gasteiger partial charge on any atom is -0.497 e. The van der Waals surface area contributed by atoms with Crippen LogP contribution in [-0.4, -0.2) is 49.4 Å². The van der Waals surface area contributed by atoms with Crippen molar-refractivity contribution in [2.75, 3.05) is 27.2 Å². The van der Waals surface area contributed by atoms with E-state index < -0.39 is 0 Å². The molecule has 0 radical (unpaired) electrons. The molecule has 0 saturated heterocycles. The van der Waals surface area contributed by atoms with Crippen molar-refractivity contribution in [2.45, 2.75) is 44.6 Å². The third-order valence-electron chi connectivity index (χ3n) is 4.80. The van der Waals surface area contributed by atoms with E-state index in [2.05, 4.69) is 17.4 Å². The van der Waals surface area contributed by atoms with E-state index in [9.17, 15) is 9.90 Å². The molecule has 2 amide bonds. The van der Waals surface area contributed by atoms with Crippen LogP contribution in [0.15, 0.2) is 24.3 Å². The number of carbonyl (C=O) groups excluding carboxylic acids is 1. The molecule has 2 unspecified atom stereocenters. The summed E-state index contributed by atoms with van der Waals surface area (Å²) >= 11 is 0. The molecule has 0 aliphatic heterocycles. The maximum absolute atomic E-state index is 12.1. The molecule has 0 aromatic heterocycles. The van der Waals surface area contributed by atoms with Crippen LogP contribution in [0.25, 0.3) is 0 Å². The van der Waals surface area contributed by atoms with Crippen molar-refractivity contribution in [1.29, 1.82) is 0 Å². The van der Waals surface area contributed by atoms with Crippen molar-refractivity contribution in [2.24, 2.45) is 5.92 Å². The second-order valence-electron chi connectivity index (χ2n) is 6.68. The zero-order valence-corrected chi connectivity index (χ0v) is 14.8. The highest BCUT2D eigenvalue weighted by molar-refractivity contribution is 5.73. The average Bonchev–Trinajstić information content (AvgIpc) is 2.61. The number of ether oxygens (including phenoxy) is 1. The average molecular weight is 334 g/mol. The molecular formula is C19H30N2O3. The van der Waals surface area contributed by atoms with Gasteiger partial charge in [-0.3, -0.25) is 0 Å². The standard InChI is InChI=1S/C19H30N2O3/c1-21(14-16-7-3-4-8-18(16)22)19(23)20-13-5-6-15-9-11-17(24-2)12-10-15/h9-12,16,18,22H,3-8,13-14H2,1-2H3,(H,20,23). The molecule has 1 aromatic rings. The Bertz CT molecular complexity index is 504.